The summed E-state index contributed by atoms with van der Waals surface area (Å²) in [6.45, 7) is 8.90. The number of rotatable bonds is 2. The first-order chi connectivity index (χ1) is 8.47. The Balaban J connectivity index is 2.96. The molecule has 0 aliphatic rings. The first kappa shape index (κ1) is 12.4. The highest BCUT2D eigenvalue weighted by Gasteiger charge is 2.15. The number of phenolic OH excluding ortho intramolecular Hbond substituents is 1. The van der Waals surface area contributed by atoms with Crippen molar-refractivity contribution in [3.05, 3.63) is 51.4 Å². The van der Waals surface area contributed by atoms with E-state index in [2.05, 4.69) is 6.58 Å². The molecular weight excluding hydrogens is 228 g/mol. The van der Waals surface area contributed by atoms with Gasteiger partial charge in [0.2, 0.25) is 0 Å². The fourth-order valence-electron chi connectivity index (χ4n) is 2.06. The monoisotopic (exact) mass is 244 g/mol. The summed E-state index contributed by atoms with van der Waals surface area (Å²) in [6, 6.07) is 1.69. The lowest BCUT2D eigenvalue weighted by atomic mass is 10.0. The Bertz CT molecular complexity index is 693. The van der Waals surface area contributed by atoms with Crippen molar-refractivity contribution in [1.29, 1.82) is 0 Å². The maximum absolute atomic E-state index is 12.2. The number of hydrogen-bond donors (Lipinski definition) is 1. The quantitative estimate of drug-likeness (QED) is 0.825. The van der Waals surface area contributed by atoms with Gasteiger partial charge >= 0.3 is 0 Å². The molecule has 0 aliphatic heterocycles. The summed E-state index contributed by atoms with van der Waals surface area (Å²) < 4.78 is 5.63. The minimum atomic E-state index is -0.0397. The van der Waals surface area contributed by atoms with E-state index in [1.54, 1.807) is 32.9 Å². The summed E-state index contributed by atoms with van der Waals surface area (Å²) in [5.74, 6) is 0.764. The third-order valence-electron chi connectivity index (χ3n) is 3.30. The van der Waals surface area contributed by atoms with Crippen LogP contribution in [0.25, 0.3) is 11.0 Å². The number of aryl methyl sites for hydroxylation is 2. The number of benzene rings is 1. The highest BCUT2D eigenvalue weighted by molar-refractivity contribution is 5.84. The Kier molecular flexibility index (Phi) is 2.99. The van der Waals surface area contributed by atoms with Crippen LogP contribution >= 0.6 is 0 Å². The normalized spacial score (nSPS) is 10.8. The van der Waals surface area contributed by atoms with Gasteiger partial charge in [-0.15, -0.1) is 6.58 Å². The molecule has 0 saturated carbocycles. The molecule has 1 aromatic heterocycles. The fourth-order valence-corrected chi connectivity index (χ4v) is 2.06. The largest absolute Gasteiger partial charge is 0.507 e. The second-order valence-electron chi connectivity index (χ2n) is 4.49. The van der Waals surface area contributed by atoms with E-state index in [0.717, 1.165) is 0 Å². The Morgan fingerprint density at radius 3 is 2.61 bits per heavy atom. The molecule has 3 nitrogen and oxygen atoms in total. The number of phenols is 1. The van der Waals surface area contributed by atoms with E-state index in [1.165, 1.54) is 0 Å². The predicted octanol–water partition coefficient (Wildman–Crippen LogP) is 3.15. The first-order valence-electron chi connectivity index (χ1n) is 5.83. The number of fused-ring (bicyclic) bond motifs is 1. The van der Waals surface area contributed by atoms with Crippen molar-refractivity contribution in [1.82, 2.24) is 0 Å². The molecule has 2 rings (SSSR count). The van der Waals surface area contributed by atoms with Crippen molar-refractivity contribution in [2.45, 2.75) is 27.2 Å². The summed E-state index contributed by atoms with van der Waals surface area (Å²) in [5.41, 5.74) is 2.34. The van der Waals surface area contributed by atoms with Crippen LogP contribution in [0, 0.1) is 20.8 Å². The molecule has 0 spiro atoms. The summed E-state index contributed by atoms with van der Waals surface area (Å²) in [7, 11) is 0. The Morgan fingerprint density at radius 2 is 2.00 bits per heavy atom. The Morgan fingerprint density at radius 1 is 1.33 bits per heavy atom. The maximum atomic E-state index is 12.2. The average Bonchev–Trinajstić information content (AvgIpc) is 2.35. The van der Waals surface area contributed by atoms with Crippen LogP contribution in [0.2, 0.25) is 0 Å². The van der Waals surface area contributed by atoms with Gasteiger partial charge in [0.05, 0.1) is 5.39 Å². The molecule has 1 N–H and O–H groups in total. The average molecular weight is 244 g/mol. The van der Waals surface area contributed by atoms with Crippen LogP contribution < -0.4 is 5.43 Å². The van der Waals surface area contributed by atoms with E-state index in [-0.39, 0.29) is 11.2 Å². The Hall–Kier alpha value is -2.03. The van der Waals surface area contributed by atoms with E-state index in [0.29, 0.717) is 39.8 Å². The van der Waals surface area contributed by atoms with Crippen molar-refractivity contribution in [3.63, 3.8) is 0 Å². The lowest BCUT2D eigenvalue weighted by Crippen LogP contribution is -2.08. The highest BCUT2D eigenvalue weighted by Crippen LogP contribution is 2.30. The molecule has 2 aromatic rings. The van der Waals surface area contributed by atoms with Crippen LogP contribution in [0.4, 0.5) is 0 Å². The van der Waals surface area contributed by atoms with Gasteiger partial charge in [-0.1, -0.05) is 6.08 Å². The van der Waals surface area contributed by atoms with E-state index in [1.807, 2.05) is 0 Å². The van der Waals surface area contributed by atoms with Crippen LogP contribution in [0.3, 0.4) is 0 Å². The zero-order chi connectivity index (χ0) is 13.4. The SMILES string of the molecule is C=CCc1cc2c(=O)c(C)c(C)oc2c(C)c1O. The van der Waals surface area contributed by atoms with Crippen molar-refractivity contribution in [3.8, 4) is 5.75 Å². The zero-order valence-corrected chi connectivity index (χ0v) is 10.8. The second-order valence-corrected chi connectivity index (χ2v) is 4.49. The molecule has 1 aromatic carbocycles. The predicted molar refractivity (Wildman–Crippen MR) is 72.3 cm³/mol. The van der Waals surface area contributed by atoms with Gasteiger partial charge in [0.1, 0.15) is 17.1 Å². The van der Waals surface area contributed by atoms with Crippen LogP contribution in [-0.4, -0.2) is 5.11 Å². The number of aromatic hydroxyl groups is 1. The van der Waals surface area contributed by atoms with Gasteiger partial charge in [0.15, 0.2) is 5.43 Å². The van der Waals surface area contributed by atoms with Gasteiger partial charge in [0, 0.05) is 11.1 Å². The first-order valence-corrected chi connectivity index (χ1v) is 5.83. The van der Waals surface area contributed by atoms with Crippen LogP contribution in [-0.2, 0) is 6.42 Å². The van der Waals surface area contributed by atoms with Crippen molar-refractivity contribution in [2.24, 2.45) is 0 Å². The molecule has 0 saturated heterocycles. The summed E-state index contributed by atoms with van der Waals surface area (Å²) in [6.07, 6.45) is 2.22. The van der Waals surface area contributed by atoms with E-state index < -0.39 is 0 Å². The minimum absolute atomic E-state index is 0.0397. The lowest BCUT2D eigenvalue weighted by Gasteiger charge is -2.10. The maximum Gasteiger partial charge on any atom is 0.195 e. The van der Waals surface area contributed by atoms with Crippen LogP contribution in [0.15, 0.2) is 27.9 Å². The van der Waals surface area contributed by atoms with Gasteiger partial charge in [-0.2, -0.15) is 0 Å². The van der Waals surface area contributed by atoms with Crippen molar-refractivity contribution >= 4 is 11.0 Å². The smallest absolute Gasteiger partial charge is 0.195 e. The molecule has 0 radical (unpaired) electrons. The third kappa shape index (κ3) is 1.72. The molecule has 3 heteroatoms. The second kappa shape index (κ2) is 4.33. The molecular formula is C15H16O3. The number of allylic oxidation sites excluding steroid dienone is 1. The Labute approximate surface area is 105 Å². The third-order valence-corrected chi connectivity index (χ3v) is 3.30. The molecule has 0 unspecified atom stereocenters. The molecule has 0 aliphatic carbocycles. The number of hydrogen-bond acceptors (Lipinski definition) is 3. The van der Waals surface area contributed by atoms with Gasteiger partial charge in [-0.05, 0) is 38.8 Å². The molecule has 0 bridgehead atoms. The molecule has 0 amide bonds. The summed E-state index contributed by atoms with van der Waals surface area (Å²) in [4.78, 5) is 12.2. The molecule has 18 heavy (non-hydrogen) atoms. The van der Waals surface area contributed by atoms with Gasteiger partial charge in [-0.3, -0.25) is 4.79 Å². The summed E-state index contributed by atoms with van der Waals surface area (Å²) in [5, 5.41) is 10.6. The van der Waals surface area contributed by atoms with Crippen molar-refractivity contribution < 1.29 is 9.52 Å². The molecule has 0 atom stereocenters. The van der Waals surface area contributed by atoms with E-state index in [4.69, 9.17) is 4.42 Å². The fraction of sp³-hybridized carbons (Fsp3) is 0.267. The van der Waals surface area contributed by atoms with Crippen LogP contribution in [0.5, 0.6) is 5.75 Å². The summed E-state index contributed by atoms with van der Waals surface area (Å²) >= 11 is 0. The highest BCUT2D eigenvalue weighted by atomic mass is 16.3. The minimum Gasteiger partial charge on any atom is -0.507 e. The standard InChI is InChI=1S/C15H16O3/c1-5-6-11-7-12-14(17)8(2)10(4)18-15(12)9(3)13(11)16/h5,7,16H,1,6H2,2-4H3. The topological polar surface area (TPSA) is 50.4 Å². The van der Waals surface area contributed by atoms with Crippen LogP contribution in [0.1, 0.15) is 22.5 Å². The van der Waals surface area contributed by atoms with Crippen molar-refractivity contribution in [2.75, 3.05) is 0 Å². The molecule has 94 valence electrons. The van der Waals surface area contributed by atoms with Gasteiger partial charge in [0.25, 0.3) is 0 Å². The zero-order valence-electron chi connectivity index (χ0n) is 10.8. The molecule has 0 fully saturated rings. The van der Waals surface area contributed by atoms with E-state index in [9.17, 15) is 9.90 Å². The lowest BCUT2D eigenvalue weighted by molar-refractivity contribution is 0.463. The van der Waals surface area contributed by atoms with Gasteiger partial charge in [-0.25, -0.2) is 0 Å². The van der Waals surface area contributed by atoms with Gasteiger partial charge < -0.3 is 9.52 Å². The molecule has 1 heterocycles. The van der Waals surface area contributed by atoms with E-state index >= 15 is 0 Å².